The van der Waals surface area contributed by atoms with E-state index in [1.807, 2.05) is 6.92 Å². The lowest BCUT2D eigenvalue weighted by molar-refractivity contribution is -0.136. The van der Waals surface area contributed by atoms with Crippen LogP contribution in [0.4, 0.5) is 0 Å². The van der Waals surface area contributed by atoms with E-state index in [2.05, 4.69) is 0 Å². The van der Waals surface area contributed by atoms with E-state index in [0.29, 0.717) is 19.5 Å². The number of likely N-dealkylation sites (tertiary alicyclic amines) is 1. The Morgan fingerprint density at radius 2 is 1.76 bits per heavy atom. The van der Waals surface area contributed by atoms with Crippen LogP contribution in [0.2, 0.25) is 0 Å². The van der Waals surface area contributed by atoms with Gasteiger partial charge in [-0.2, -0.15) is 0 Å². The maximum atomic E-state index is 12.3. The van der Waals surface area contributed by atoms with Gasteiger partial charge in [-0.15, -0.1) is 0 Å². The Balaban J connectivity index is 2.06. The molecule has 1 unspecified atom stereocenters. The van der Waals surface area contributed by atoms with Gasteiger partial charge in [0.05, 0.1) is 11.0 Å². The topological polar surface area (TPSA) is 89.4 Å². The van der Waals surface area contributed by atoms with Gasteiger partial charge in [0, 0.05) is 13.1 Å². The van der Waals surface area contributed by atoms with Gasteiger partial charge in [-0.1, -0.05) is 12.8 Å². The zero-order chi connectivity index (χ0) is 12.7. The zero-order valence-corrected chi connectivity index (χ0v) is 10.4. The molecule has 5 heteroatoms. The minimum atomic E-state index is -0.692. The summed E-state index contributed by atoms with van der Waals surface area (Å²) in [5, 5.41) is 0. The smallest absolute Gasteiger partial charge is 0.242 e. The van der Waals surface area contributed by atoms with Crippen LogP contribution in [-0.4, -0.2) is 35.3 Å². The van der Waals surface area contributed by atoms with Crippen LogP contribution in [0.1, 0.15) is 39.0 Å². The molecule has 17 heavy (non-hydrogen) atoms. The van der Waals surface area contributed by atoms with Gasteiger partial charge in [-0.05, 0) is 26.2 Å². The molecule has 0 aromatic rings. The average molecular weight is 239 g/mol. The standard InChI is InChI=1S/C12H21N3O2/c1-11(9(13)16)6-7-15(8-11)10(17)12(14)4-2-3-5-12/h2-8,14H2,1H3,(H2,13,16). The Morgan fingerprint density at radius 1 is 1.18 bits per heavy atom. The predicted octanol–water partition coefficient (Wildman–Crippen LogP) is -0.0182. The van der Waals surface area contributed by atoms with Crippen LogP contribution in [0.25, 0.3) is 0 Å². The molecule has 0 radical (unpaired) electrons. The quantitative estimate of drug-likeness (QED) is 0.709. The largest absolute Gasteiger partial charge is 0.369 e. The Labute approximate surface area is 102 Å². The summed E-state index contributed by atoms with van der Waals surface area (Å²) in [6.45, 7) is 2.83. The summed E-state index contributed by atoms with van der Waals surface area (Å²) < 4.78 is 0. The minimum absolute atomic E-state index is 0.0000231. The molecule has 1 saturated heterocycles. The number of primary amides is 1. The van der Waals surface area contributed by atoms with Crippen molar-refractivity contribution < 1.29 is 9.59 Å². The molecule has 0 aromatic heterocycles. The fourth-order valence-electron chi connectivity index (χ4n) is 2.87. The van der Waals surface area contributed by atoms with E-state index in [1.165, 1.54) is 0 Å². The summed E-state index contributed by atoms with van der Waals surface area (Å²) in [5.74, 6) is -0.328. The number of hydrogen-bond acceptors (Lipinski definition) is 3. The van der Waals surface area contributed by atoms with Crippen molar-refractivity contribution in [2.24, 2.45) is 16.9 Å². The first-order chi connectivity index (χ1) is 7.87. The maximum Gasteiger partial charge on any atom is 0.242 e. The van der Waals surface area contributed by atoms with Gasteiger partial charge >= 0.3 is 0 Å². The fourth-order valence-corrected chi connectivity index (χ4v) is 2.87. The van der Waals surface area contributed by atoms with Crippen LogP contribution in [0.3, 0.4) is 0 Å². The molecule has 0 bridgehead atoms. The van der Waals surface area contributed by atoms with Gasteiger partial charge in [0.25, 0.3) is 0 Å². The molecule has 1 heterocycles. The minimum Gasteiger partial charge on any atom is -0.369 e. The van der Waals surface area contributed by atoms with Crippen molar-refractivity contribution in [2.75, 3.05) is 13.1 Å². The van der Waals surface area contributed by atoms with Crippen LogP contribution >= 0.6 is 0 Å². The normalized spacial score (nSPS) is 31.8. The third-order valence-electron chi connectivity index (χ3n) is 4.28. The molecular formula is C12H21N3O2. The van der Waals surface area contributed by atoms with E-state index >= 15 is 0 Å². The SMILES string of the molecule is CC1(C(N)=O)CCN(C(=O)C2(N)CCCC2)C1. The third-order valence-corrected chi connectivity index (χ3v) is 4.28. The predicted molar refractivity (Wildman–Crippen MR) is 63.9 cm³/mol. The molecule has 2 amide bonds. The van der Waals surface area contributed by atoms with Crippen LogP contribution < -0.4 is 11.5 Å². The van der Waals surface area contributed by atoms with E-state index in [1.54, 1.807) is 4.90 Å². The first-order valence-corrected chi connectivity index (χ1v) is 6.26. The van der Waals surface area contributed by atoms with Gasteiger partial charge in [-0.3, -0.25) is 9.59 Å². The van der Waals surface area contributed by atoms with E-state index < -0.39 is 11.0 Å². The first-order valence-electron chi connectivity index (χ1n) is 6.26. The van der Waals surface area contributed by atoms with Crippen LogP contribution in [0.5, 0.6) is 0 Å². The molecule has 1 saturated carbocycles. The lowest BCUT2D eigenvalue weighted by Crippen LogP contribution is -2.53. The summed E-state index contributed by atoms with van der Waals surface area (Å²) in [6, 6.07) is 0. The maximum absolute atomic E-state index is 12.3. The second-order valence-corrected chi connectivity index (χ2v) is 5.76. The molecule has 2 fully saturated rings. The molecule has 4 N–H and O–H groups in total. The highest BCUT2D eigenvalue weighted by atomic mass is 16.2. The fraction of sp³-hybridized carbons (Fsp3) is 0.833. The van der Waals surface area contributed by atoms with Crippen LogP contribution in [0.15, 0.2) is 0 Å². The van der Waals surface area contributed by atoms with Crippen LogP contribution in [0, 0.1) is 5.41 Å². The number of carbonyl (C=O) groups excluding carboxylic acids is 2. The van der Waals surface area contributed by atoms with Gasteiger partial charge in [0.2, 0.25) is 11.8 Å². The summed E-state index contributed by atoms with van der Waals surface area (Å²) in [6.07, 6.45) is 4.20. The van der Waals surface area contributed by atoms with Gasteiger partial charge in [0.1, 0.15) is 0 Å². The molecule has 5 nitrogen and oxygen atoms in total. The second-order valence-electron chi connectivity index (χ2n) is 5.76. The Morgan fingerprint density at radius 3 is 2.24 bits per heavy atom. The number of nitrogens with two attached hydrogens (primary N) is 2. The highest BCUT2D eigenvalue weighted by Gasteiger charge is 2.46. The summed E-state index contributed by atoms with van der Waals surface area (Å²) in [4.78, 5) is 25.4. The lowest BCUT2D eigenvalue weighted by atomic mass is 9.89. The van der Waals surface area contributed by atoms with Crippen molar-refractivity contribution in [2.45, 2.75) is 44.6 Å². The van der Waals surface area contributed by atoms with Crippen molar-refractivity contribution in [1.82, 2.24) is 4.90 Å². The molecule has 1 atom stereocenters. The zero-order valence-electron chi connectivity index (χ0n) is 10.4. The average Bonchev–Trinajstić information content (AvgIpc) is 2.86. The highest BCUT2D eigenvalue weighted by molar-refractivity contribution is 5.88. The van der Waals surface area contributed by atoms with E-state index in [4.69, 9.17) is 11.5 Å². The van der Waals surface area contributed by atoms with Crippen molar-refractivity contribution >= 4 is 11.8 Å². The number of hydrogen-bond donors (Lipinski definition) is 2. The van der Waals surface area contributed by atoms with E-state index in [-0.39, 0.29) is 11.8 Å². The summed E-state index contributed by atoms with van der Waals surface area (Å²) in [5.41, 5.74) is 10.2. The monoisotopic (exact) mass is 239 g/mol. The Kier molecular flexibility index (Phi) is 2.89. The molecule has 1 aliphatic carbocycles. The third kappa shape index (κ3) is 2.04. The summed E-state index contributed by atoms with van der Waals surface area (Å²) >= 11 is 0. The second kappa shape index (κ2) is 3.98. The van der Waals surface area contributed by atoms with Gasteiger partial charge in [0.15, 0.2) is 0 Å². The van der Waals surface area contributed by atoms with Crippen LogP contribution in [-0.2, 0) is 9.59 Å². The lowest BCUT2D eigenvalue weighted by Gasteiger charge is -2.29. The molecule has 0 aromatic carbocycles. The number of carbonyl (C=O) groups is 2. The van der Waals surface area contributed by atoms with Crippen molar-refractivity contribution in [3.05, 3.63) is 0 Å². The Bertz CT molecular complexity index is 350. The molecule has 2 rings (SSSR count). The van der Waals surface area contributed by atoms with Crippen molar-refractivity contribution in [3.8, 4) is 0 Å². The molecule has 0 spiro atoms. The molecule has 2 aliphatic rings. The molecule has 96 valence electrons. The summed E-state index contributed by atoms with van der Waals surface area (Å²) in [7, 11) is 0. The highest BCUT2D eigenvalue weighted by Crippen LogP contribution is 2.34. The Hall–Kier alpha value is -1.10. The van der Waals surface area contributed by atoms with Gasteiger partial charge in [-0.25, -0.2) is 0 Å². The number of rotatable bonds is 2. The number of amides is 2. The molecule has 1 aliphatic heterocycles. The first kappa shape index (κ1) is 12.4. The van der Waals surface area contributed by atoms with Gasteiger partial charge < -0.3 is 16.4 Å². The molecular weight excluding hydrogens is 218 g/mol. The number of nitrogens with zero attached hydrogens (tertiary/aromatic N) is 1. The van der Waals surface area contributed by atoms with Crippen molar-refractivity contribution in [1.29, 1.82) is 0 Å². The van der Waals surface area contributed by atoms with E-state index in [0.717, 1.165) is 25.7 Å². The van der Waals surface area contributed by atoms with Crippen molar-refractivity contribution in [3.63, 3.8) is 0 Å². The van der Waals surface area contributed by atoms with E-state index in [9.17, 15) is 9.59 Å².